The molecule has 7 heteroatoms. The van der Waals surface area contributed by atoms with Gasteiger partial charge in [0.1, 0.15) is 5.70 Å². The van der Waals surface area contributed by atoms with E-state index in [1.807, 2.05) is 6.07 Å². The molecule has 0 fully saturated rings. The monoisotopic (exact) mass is 454 g/mol. The maximum atomic E-state index is 12.8. The first-order chi connectivity index (χ1) is 15.2. The Morgan fingerprint density at radius 3 is 2.03 bits per heavy atom. The first kappa shape index (κ1) is 28.0. The van der Waals surface area contributed by atoms with Crippen molar-refractivity contribution in [3.05, 3.63) is 35.8 Å². The van der Waals surface area contributed by atoms with E-state index in [1.54, 1.807) is 12.3 Å². The van der Waals surface area contributed by atoms with Crippen LogP contribution in [0, 0.1) is 17.2 Å². The average Bonchev–Trinajstić information content (AvgIpc) is 2.77. The van der Waals surface area contributed by atoms with E-state index in [9.17, 15) is 13.2 Å². The summed E-state index contributed by atoms with van der Waals surface area (Å²) in [4.78, 5) is 6.49. The molecule has 0 aliphatic carbocycles. The van der Waals surface area contributed by atoms with E-state index >= 15 is 0 Å². The van der Waals surface area contributed by atoms with Crippen molar-refractivity contribution >= 4 is 11.4 Å². The summed E-state index contributed by atoms with van der Waals surface area (Å²) >= 11 is 0. The SMILES string of the molecule is CCCCC(CC)CN(CC(CC)CCCC)c1ccnc(C(=N)C=C(N)C(F)(F)F)c1. The maximum absolute atomic E-state index is 12.8. The molecule has 0 spiro atoms. The summed E-state index contributed by atoms with van der Waals surface area (Å²) in [6, 6.07) is 3.62. The Bertz CT molecular complexity index is 697. The van der Waals surface area contributed by atoms with Crippen molar-refractivity contribution in [2.24, 2.45) is 17.6 Å². The minimum Gasteiger partial charge on any atom is -0.395 e. The minimum absolute atomic E-state index is 0.197. The van der Waals surface area contributed by atoms with Crippen LogP contribution in [0.25, 0.3) is 0 Å². The number of hydrogen-bond donors (Lipinski definition) is 2. The number of nitrogens with one attached hydrogen (secondary N) is 1. The van der Waals surface area contributed by atoms with Gasteiger partial charge in [0.2, 0.25) is 0 Å². The van der Waals surface area contributed by atoms with E-state index in [1.165, 1.54) is 12.8 Å². The molecule has 0 aliphatic heterocycles. The number of nitrogens with zero attached hydrogens (tertiary/aromatic N) is 2. The Hall–Kier alpha value is -2.05. The van der Waals surface area contributed by atoms with Gasteiger partial charge in [-0.3, -0.25) is 10.4 Å². The van der Waals surface area contributed by atoms with Crippen molar-refractivity contribution in [3.8, 4) is 0 Å². The molecule has 1 heterocycles. The van der Waals surface area contributed by atoms with Crippen LogP contribution in [0.3, 0.4) is 0 Å². The van der Waals surface area contributed by atoms with Gasteiger partial charge in [0, 0.05) is 25.0 Å². The molecule has 1 rings (SSSR count). The molecular weight excluding hydrogens is 413 g/mol. The molecule has 0 radical (unpaired) electrons. The largest absolute Gasteiger partial charge is 0.430 e. The van der Waals surface area contributed by atoms with Gasteiger partial charge in [-0.2, -0.15) is 13.2 Å². The molecule has 1 aromatic rings. The normalized spacial score (nSPS) is 14.3. The third-order valence-electron chi connectivity index (χ3n) is 6.06. The second-order valence-electron chi connectivity index (χ2n) is 8.65. The molecule has 0 aliphatic rings. The van der Waals surface area contributed by atoms with Crippen molar-refractivity contribution in [2.45, 2.75) is 85.2 Å². The van der Waals surface area contributed by atoms with E-state index < -0.39 is 11.9 Å². The zero-order valence-corrected chi connectivity index (χ0v) is 20.1. The minimum atomic E-state index is -4.66. The van der Waals surface area contributed by atoms with Gasteiger partial charge in [-0.25, -0.2) is 0 Å². The number of alkyl halides is 3. The van der Waals surface area contributed by atoms with Crippen LogP contribution in [0.4, 0.5) is 18.9 Å². The number of hydrogen-bond acceptors (Lipinski definition) is 4. The number of allylic oxidation sites excluding steroid dienone is 2. The molecule has 2 atom stereocenters. The van der Waals surface area contributed by atoms with E-state index in [0.717, 1.165) is 57.3 Å². The molecule has 0 bridgehead atoms. The Morgan fingerprint density at radius 2 is 1.59 bits per heavy atom. The van der Waals surface area contributed by atoms with Crippen LogP contribution in [-0.2, 0) is 0 Å². The second-order valence-corrected chi connectivity index (χ2v) is 8.65. The summed E-state index contributed by atoms with van der Waals surface area (Å²) in [6.45, 7) is 10.6. The predicted molar refractivity (Wildman–Crippen MR) is 128 cm³/mol. The van der Waals surface area contributed by atoms with Gasteiger partial charge < -0.3 is 10.6 Å². The van der Waals surface area contributed by atoms with Gasteiger partial charge in [-0.05, 0) is 42.9 Å². The van der Waals surface area contributed by atoms with Crippen LogP contribution in [0.5, 0.6) is 0 Å². The van der Waals surface area contributed by atoms with Crippen LogP contribution in [0.2, 0.25) is 0 Å². The third kappa shape index (κ3) is 9.61. The Kier molecular flexibility index (Phi) is 12.4. The summed E-state index contributed by atoms with van der Waals surface area (Å²) in [5.74, 6) is 1.10. The van der Waals surface area contributed by atoms with Crippen LogP contribution in [0.15, 0.2) is 30.1 Å². The van der Waals surface area contributed by atoms with Gasteiger partial charge in [0.05, 0.1) is 11.4 Å². The smallest absolute Gasteiger partial charge is 0.395 e. The summed E-state index contributed by atoms with van der Waals surface area (Å²) in [6.07, 6.45) is 6.75. The van der Waals surface area contributed by atoms with Gasteiger partial charge in [-0.15, -0.1) is 0 Å². The molecule has 3 N–H and O–H groups in total. The first-order valence-corrected chi connectivity index (χ1v) is 12.0. The Balaban J connectivity index is 3.19. The average molecular weight is 455 g/mol. The van der Waals surface area contributed by atoms with Crippen LogP contribution < -0.4 is 10.6 Å². The number of halogens is 3. The molecule has 0 aromatic carbocycles. The molecule has 0 amide bonds. The standard InChI is InChI=1S/C25H41F3N4/c1-5-9-11-19(7-3)17-32(18-20(8-4)12-10-6-2)21-13-14-31-23(15-21)22(29)16-24(30)25(26,27)28/h13-16,19-20,29H,5-12,17-18,30H2,1-4H3. The fraction of sp³-hybridized carbons (Fsp3) is 0.680. The van der Waals surface area contributed by atoms with E-state index in [2.05, 4.69) is 37.6 Å². The van der Waals surface area contributed by atoms with E-state index in [0.29, 0.717) is 17.9 Å². The number of unbranched alkanes of at least 4 members (excludes halogenated alkanes) is 2. The summed E-state index contributed by atoms with van der Waals surface area (Å²) in [5.41, 5.74) is 4.58. The Morgan fingerprint density at radius 1 is 1.06 bits per heavy atom. The summed E-state index contributed by atoms with van der Waals surface area (Å²) in [5, 5.41) is 8.08. The highest BCUT2D eigenvalue weighted by molar-refractivity contribution is 6.06. The lowest BCUT2D eigenvalue weighted by Gasteiger charge is -2.32. The molecule has 182 valence electrons. The molecular formula is C25H41F3N4. The highest BCUT2D eigenvalue weighted by Crippen LogP contribution is 2.25. The maximum Gasteiger partial charge on any atom is 0.430 e. The zero-order chi connectivity index (χ0) is 24.1. The van der Waals surface area contributed by atoms with Crippen LogP contribution in [-0.4, -0.2) is 30.0 Å². The third-order valence-corrected chi connectivity index (χ3v) is 6.06. The second kappa shape index (κ2) is 14.2. The van der Waals surface area contributed by atoms with Gasteiger partial charge >= 0.3 is 6.18 Å². The predicted octanol–water partition coefficient (Wildman–Crippen LogP) is 7.09. The van der Waals surface area contributed by atoms with Crippen molar-refractivity contribution in [1.29, 1.82) is 5.41 Å². The van der Waals surface area contributed by atoms with Crippen molar-refractivity contribution in [2.75, 3.05) is 18.0 Å². The number of anilines is 1. The fourth-order valence-electron chi connectivity index (χ4n) is 3.82. The molecule has 0 saturated heterocycles. The molecule has 4 nitrogen and oxygen atoms in total. The van der Waals surface area contributed by atoms with Gasteiger partial charge in [-0.1, -0.05) is 66.2 Å². The summed E-state index contributed by atoms with van der Waals surface area (Å²) in [7, 11) is 0. The lowest BCUT2D eigenvalue weighted by Crippen LogP contribution is -2.34. The van der Waals surface area contributed by atoms with E-state index in [4.69, 9.17) is 11.1 Å². The van der Waals surface area contributed by atoms with E-state index in [-0.39, 0.29) is 11.4 Å². The number of pyridine rings is 1. The molecule has 2 unspecified atom stereocenters. The quantitative estimate of drug-likeness (QED) is 0.278. The number of nitrogens with two attached hydrogens (primary N) is 1. The Labute approximate surface area is 192 Å². The molecule has 0 saturated carbocycles. The van der Waals surface area contributed by atoms with Crippen molar-refractivity contribution < 1.29 is 13.2 Å². The lowest BCUT2D eigenvalue weighted by molar-refractivity contribution is -0.0925. The topological polar surface area (TPSA) is 66.0 Å². The van der Waals surface area contributed by atoms with Gasteiger partial charge in [0.25, 0.3) is 0 Å². The molecule has 32 heavy (non-hydrogen) atoms. The van der Waals surface area contributed by atoms with Gasteiger partial charge in [0.15, 0.2) is 0 Å². The highest BCUT2D eigenvalue weighted by Gasteiger charge is 2.31. The van der Waals surface area contributed by atoms with Crippen molar-refractivity contribution in [1.82, 2.24) is 4.98 Å². The van der Waals surface area contributed by atoms with Crippen LogP contribution in [0.1, 0.15) is 84.8 Å². The molecule has 1 aromatic heterocycles. The highest BCUT2D eigenvalue weighted by atomic mass is 19.4. The first-order valence-electron chi connectivity index (χ1n) is 12.0. The van der Waals surface area contributed by atoms with Crippen LogP contribution >= 0.6 is 0 Å². The lowest BCUT2D eigenvalue weighted by atomic mass is 9.95. The fourth-order valence-corrected chi connectivity index (χ4v) is 3.82. The zero-order valence-electron chi connectivity index (χ0n) is 20.1. The number of aromatic nitrogens is 1. The summed E-state index contributed by atoms with van der Waals surface area (Å²) < 4.78 is 38.3. The van der Waals surface area contributed by atoms with Crippen molar-refractivity contribution in [3.63, 3.8) is 0 Å². The number of rotatable bonds is 15.